The maximum atomic E-state index is 13.5. The van der Waals surface area contributed by atoms with Gasteiger partial charge in [0.05, 0.1) is 12.7 Å². The molecule has 5 heteroatoms. The van der Waals surface area contributed by atoms with Crippen molar-refractivity contribution in [1.29, 1.82) is 0 Å². The molecule has 1 aliphatic carbocycles. The van der Waals surface area contributed by atoms with Gasteiger partial charge in [-0.15, -0.1) is 0 Å². The van der Waals surface area contributed by atoms with E-state index in [9.17, 15) is 14.0 Å². The van der Waals surface area contributed by atoms with Crippen LogP contribution < -0.4 is 5.32 Å². The predicted molar refractivity (Wildman–Crippen MR) is 65.3 cm³/mol. The molecular formula is C13H18FNO3. The van der Waals surface area contributed by atoms with Gasteiger partial charge in [-0.1, -0.05) is 19.4 Å². The topological polar surface area (TPSA) is 55.4 Å². The summed E-state index contributed by atoms with van der Waals surface area (Å²) >= 11 is 0. The number of esters is 1. The predicted octanol–water partition coefficient (Wildman–Crippen LogP) is 1.88. The van der Waals surface area contributed by atoms with E-state index in [2.05, 4.69) is 10.1 Å². The minimum absolute atomic E-state index is 0.111. The summed E-state index contributed by atoms with van der Waals surface area (Å²) in [6.45, 7) is 1.80. The van der Waals surface area contributed by atoms with Gasteiger partial charge >= 0.3 is 5.97 Å². The number of nitrogens with one attached hydrogen (secondary N) is 1. The SMILES string of the molecule is CCCC1C=CC(F)=C(C(=O)NCC(=O)OC)C1. The Morgan fingerprint density at radius 1 is 1.56 bits per heavy atom. The summed E-state index contributed by atoms with van der Waals surface area (Å²) in [5.41, 5.74) is 0.111. The lowest BCUT2D eigenvalue weighted by Crippen LogP contribution is -2.32. The molecule has 0 aromatic carbocycles. The fraction of sp³-hybridized carbons (Fsp3) is 0.538. The zero-order chi connectivity index (χ0) is 13.5. The molecule has 1 amide bonds. The first kappa shape index (κ1) is 14.4. The molecule has 1 rings (SSSR count). The number of carbonyl (C=O) groups excluding carboxylic acids is 2. The summed E-state index contributed by atoms with van der Waals surface area (Å²) in [6, 6.07) is 0. The molecule has 0 bridgehead atoms. The van der Waals surface area contributed by atoms with E-state index in [1.165, 1.54) is 13.2 Å². The zero-order valence-corrected chi connectivity index (χ0v) is 10.7. The molecule has 18 heavy (non-hydrogen) atoms. The Morgan fingerprint density at radius 2 is 2.28 bits per heavy atom. The van der Waals surface area contributed by atoms with Crippen molar-refractivity contribution in [1.82, 2.24) is 5.32 Å². The van der Waals surface area contributed by atoms with Gasteiger partial charge in [-0.2, -0.15) is 0 Å². The van der Waals surface area contributed by atoms with Gasteiger partial charge in [0.25, 0.3) is 5.91 Å². The monoisotopic (exact) mass is 255 g/mol. The zero-order valence-electron chi connectivity index (χ0n) is 10.7. The fourth-order valence-corrected chi connectivity index (χ4v) is 1.85. The quantitative estimate of drug-likeness (QED) is 0.763. The number of amides is 1. The van der Waals surface area contributed by atoms with Crippen molar-refractivity contribution in [2.24, 2.45) is 5.92 Å². The molecule has 100 valence electrons. The second kappa shape index (κ2) is 6.93. The van der Waals surface area contributed by atoms with Crippen molar-refractivity contribution in [3.05, 3.63) is 23.6 Å². The lowest BCUT2D eigenvalue weighted by Gasteiger charge is -2.18. The lowest BCUT2D eigenvalue weighted by atomic mass is 9.90. The minimum Gasteiger partial charge on any atom is -0.468 e. The Balaban J connectivity index is 2.60. The van der Waals surface area contributed by atoms with Gasteiger partial charge in [-0.25, -0.2) is 4.39 Å². The van der Waals surface area contributed by atoms with E-state index < -0.39 is 17.7 Å². The second-order valence-corrected chi connectivity index (χ2v) is 4.20. The van der Waals surface area contributed by atoms with Crippen LogP contribution in [0.3, 0.4) is 0 Å². The Hall–Kier alpha value is -1.65. The molecule has 0 fully saturated rings. The average molecular weight is 255 g/mol. The van der Waals surface area contributed by atoms with Gasteiger partial charge in [0.1, 0.15) is 12.4 Å². The molecule has 0 aliphatic heterocycles. The van der Waals surface area contributed by atoms with E-state index >= 15 is 0 Å². The maximum absolute atomic E-state index is 13.5. The summed E-state index contributed by atoms with van der Waals surface area (Å²) in [5.74, 6) is -1.43. The Morgan fingerprint density at radius 3 is 2.89 bits per heavy atom. The van der Waals surface area contributed by atoms with Crippen molar-refractivity contribution in [3.63, 3.8) is 0 Å². The molecule has 1 aliphatic rings. The molecule has 1 N–H and O–H groups in total. The summed E-state index contributed by atoms with van der Waals surface area (Å²) in [7, 11) is 1.23. The highest BCUT2D eigenvalue weighted by Gasteiger charge is 2.22. The summed E-state index contributed by atoms with van der Waals surface area (Å²) in [6.07, 6.45) is 5.39. The van der Waals surface area contributed by atoms with Gasteiger partial charge in [0.2, 0.25) is 0 Å². The van der Waals surface area contributed by atoms with E-state index in [1.807, 2.05) is 6.92 Å². The molecule has 0 radical (unpaired) electrons. The molecule has 0 aromatic heterocycles. The van der Waals surface area contributed by atoms with Crippen LogP contribution in [-0.2, 0) is 14.3 Å². The van der Waals surface area contributed by atoms with E-state index in [1.54, 1.807) is 6.08 Å². The number of hydrogen-bond acceptors (Lipinski definition) is 3. The van der Waals surface area contributed by atoms with Crippen LogP contribution in [0.2, 0.25) is 0 Å². The number of halogens is 1. The standard InChI is InChI=1S/C13H18FNO3/c1-3-4-9-5-6-11(14)10(7-9)13(17)15-8-12(16)18-2/h5-6,9H,3-4,7-8H2,1-2H3,(H,15,17). The maximum Gasteiger partial charge on any atom is 0.325 e. The van der Waals surface area contributed by atoms with E-state index in [0.29, 0.717) is 6.42 Å². The molecule has 1 atom stereocenters. The van der Waals surface area contributed by atoms with Crippen LogP contribution in [0.25, 0.3) is 0 Å². The molecular weight excluding hydrogens is 237 g/mol. The molecule has 1 unspecified atom stereocenters. The molecule has 0 saturated heterocycles. The molecule has 0 aromatic rings. The Kier molecular flexibility index (Phi) is 5.55. The van der Waals surface area contributed by atoms with Crippen LogP contribution in [0.15, 0.2) is 23.6 Å². The van der Waals surface area contributed by atoms with Gasteiger partial charge in [-0.05, 0) is 24.8 Å². The average Bonchev–Trinajstić information content (AvgIpc) is 2.38. The molecule has 4 nitrogen and oxygen atoms in total. The smallest absolute Gasteiger partial charge is 0.325 e. The summed E-state index contributed by atoms with van der Waals surface area (Å²) in [4.78, 5) is 22.6. The third-order valence-electron chi connectivity index (χ3n) is 2.82. The molecule has 0 saturated carbocycles. The highest BCUT2D eigenvalue weighted by atomic mass is 19.1. The van der Waals surface area contributed by atoms with Gasteiger partial charge in [0, 0.05) is 0 Å². The number of methoxy groups -OCH3 is 1. The van der Waals surface area contributed by atoms with Gasteiger partial charge < -0.3 is 10.1 Å². The van der Waals surface area contributed by atoms with E-state index in [0.717, 1.165) is 12.8 Å². The van der Waals surface area contributed by atoms with Crippen molar-refractivity contribution < 1.29 is 18.7 Å². The number of allylic oxidation sites excluding steroid dienone is 3. The van der Waals surface area contributed by atoms with E-state index in [-0.39, 0.29) is 18.0 Å². The van der Waals surface area contributed by atoms with Gasteiger partial charge in [0.15, 0.2) is 0 Å². The fourth-order valence-electron chi connectivity index (χ4n) is 1.85. The Bertz CT molecular complexity index is 388. The van der Waals surface area contributed by atoms with Crippen LogP contribution in [0, 0.1) is 5.92 Å². The first-order valence-corrected chi connectivity index (χ1v) is 6.00. The highest BCUT2D eigenvalue weighted by Crippen LogP contribution is 2.27. The van der Waals surface area contributed by atoms with E-state index in [4.69, 9.17) is 0 Å². The summed E-state index contributed by atoms with van der Waals surface area (Å²) in [5, 5.41) is 2.35. The molecule has 0 heterocycles. The van der Waals surface area contributed by atoms with Crippen molar-refractivity contribution in [2.75, 3.05) is 13.7 Å². The number of ether oxygens (including phenoxy) is 1. The number of hydrogen-bond donors (Lipinski definition) is 1. The van der Waals surface area contributed by atoms with Gasteiger partial charge in [-0.3, -0.25) is 9.59 Å². The number of carbonyl (C=O) groups is 2. The van der Waals surface area contributed by atoms with Crippen molar-refractivity contribution >= 4 is 11.9 Å². The Labute approximate surface area is 106 Å². The minimum atomic E-state index is -0.555. The number of rotatable bonds is 5. The van der Waals surface area contributed by atoms with Crippen LogP contribution >= 0.6 is 0 Å². The largest absolute Gasteiger partial charge is 0.468 e. The normalized spacial score (nSPS) is 18.7. The van der Waals surface area contributed by atoms with Crippen molar-refractivity contribution in [2.45, 2.75) is 26.2 Å². The highest BCUT2D eigenvalue weighted by molar-refractivity contribution is 5.96. The lowest BCUT2D eigenvalue weighted by molar-refractivity contribution is -0.140. The van der Waals surface area contributed by atoms with Crippen LogP contribution in [-0.4, -0.2) is 25.5 Å². The molecule has 0 spiro atoms. The summed E-state index contributed by atoms with van der Waals surface area (Å²) < 4.78 is 17.9. The first-order valence-electron chi connectivity index (χ1n) is 6.00. The second-order valence-electron chi connectivity index (χ2n) is 4.20. The third-order valence-corrected chi connectivity index (χ3v) is 2.82. The first-order chi connectivity index (χ1) is 8.58. The van der Waals surface area contributed by atoms with Crippen LogP contribution in [0.1, 0.15) is 26.2 Å². The van der Waals surface area contributed by atoms with Crippen molar-refractivity contribution in [3.8, 4) is 0 Å². The van der Waals surface area contributed by atoms with Crippen LogP contribution in [0.5, 0.6) is 0 Å². The van der Waals surface area contributed by atoms with Crippen LogP contribution in [0.4, 0.5) is 4.39 Å². The third kappa shape index (κ3) is 3.98.